The van der Waals surface area contributed by atoms with E-state index in [1.54, 1.807) is 36.9 Å². The second kappa shape index (κ2) is 8.81. The lowest BCUT2D eigenvalue weighted by Crippen LogP contribution is -2.25. The van der Waals surface area contributed by atoms with E-state index < -0.39 is 7.60 Å². The molecule has 1 aliphatic rings. The van der Waals surface area contributed by atoms with E-state index in [4.69, 9.17) is 32.2 Å². The van der Waals surface area contributed by atoms with Gasteiger partial charge in [0.25, 0.3) is 5.91 Å². The highest BCUT2D eigenvalue weighted by Crippen LogP contribution is 2.53. The van der Waals surface area contributed by atoms with Crippen LogP contribution in [0.4, 0.5) is 5.69 Å². The molecule has 0 saturated heterocycles. The standard InChI is InChI=1S/C20H20Cl2NO4P/c1-3-26-28(25,27-4-2)13-17-16-7-5-6-8-19(16)23(20(17)24)12-14-9-10-15(21)11-18(14)22/h5-11,13H,3-4,12H2,1-2H3/b17-13+. The average molecular weight is 440 g/mol. The van der Waals surface area contributed by atoms with Crippen molar-refractivity contribution in [3.8, 4) is 0 Å². The van der Waals surface area contributed by atoms with Crippen LogP contribution in [-0.4, -0.2) is 19.1 Å². The number of anilines is 1. The molecular weight excluding hydrogens is 420 g/mol. The fraction of sp³-hybridized carbons (Fsp3) is 0.250. The van der Waals surface area contributed by atoms with Crippen LogP contribution in [0.1, 0.15) is 25.0 Å². The number of carbonyl (C=O) groups excluding carboxylic acids is 1. The van der Waals surface area contributed by atoms with E-state index in [2.05, 4.69) is 0 Å². The molecule has 0 saturated carbocycles. The normalized spacial score (nSPS) is 15.4. The Kier molecular flexibility index (Phi) is 6.64. The minimum absolute atomic E-state index is 0.209. The predicted molar refractivity (Wildman–Crippen MR) is 113 cm³/mol. The predicted octanol–water partition coefficient (Wildman–Crippen LogP) is 6.15. The van der Waals surface area contributed by atoms with E-state index in [1.807, 2.05) is 24.3 Å². The third-order valence-electron chi connectivity index (χ3n) is 4.21. The molecule has 3 rings (SSSR count). The second-order valence-corrected chi connectivity index (χ2v) is 8.76. The zero-order valence-electron chi connectivity index (χ0n) is 15.5. The van der Waals surface area contributed by atoms with Gasteiger partial charge in [0.05, 0.1) is 31.0 Å². The molecule has 0 aromatic heterocycles. The van der Waals surface area contributed by atoms with Crippen LogP contribution in [0.15, 0.2) is 48.3 Å². The fourth-order valence-electron chi connectivity index (χ4n) is 3.04. The Balaban J connectivity index is 2.02. The molecule has 0 spiro atoms. The molecule has 1 amide bonds. The molecule has 0 bridgehead atoms. The first-order valence-electron chi connectivity index (χ1n) is 8.85. The van der Waals surface area contributed by atoms with Crippen LogP contribution in [0.2, 0.25) is 10.0 Å². The van der Waals surface area contributed by atoms with E-state index in [1.165, 1.54) is 5.82 Å². The Morgan fingerprint density at radius 3 is 2.39 bits per heavy atom. The van der Waals surface area contributed by atoms with Crippen molar-refractivity contribution in [3.63, 3.8) is 0 Å². The summed E-state index contributed by atoms with van der Waals surface area (Å²) in [5.41, 5.74) is 2.45. The summed E-state index contributed by atoms with van der Waals surface area (Å²) in [7, 11) is -3.54. The maximum atomic E-state index is 13.2. The third-order valence-corrected chi connectivity index (χ3v) is 6.61. The number of rotatable bonds is 7. The van der Waals surface area contributed by atoms with Crippen molar-refractivity contribution in [2.45, 2.75) is 20.4 Å². The van der Waals surface area contributed by atoms with Gasteiger partial charge in [0.2, 0.25) is 0 Å². The first-order valence-corrected chi connectivity index (χ1v) is 11.2. The van der Waals surface area contributed by atoms with Gasteiger partial charge >= 0.3 is 7.60 Å². The molecule has 1 aliphatic heterocycles. The van der Waals surface area contributed by atoms with Gasteiger partial charge in [-0.3, -0.25) is 9.36 Å². The molecule has 0 atom stereocenters. The molecule has 148 valence electrons. The summed E-state index contributed by atoms with van der Waals surface area (Å²) in [5, 5.41) is 1.00. The number of benzene rings is 2. The lowest BCUT2D eigenvalue weighted by atomic mass is 10.1. The fourth-order valence-corrected chi connectivity index (χ4v) is 5.02. The van der Waals surface area contributed by atoms with Crippen molar-refractivity contribution in [3.05, 3.63) is 69.5 Å². The molecule has 0 unspecified atom stereocenters. The first kappa shape index (κ1) is 21.1. The number of para-hydroxylation sites is 1. The highest BCUT2D eigenvalue weighted by Gasteiger charge is 2.35. The van der Waals surface area contributed by atoms with Gasteiger partial charge in [-0.25, -0.2) is 0 Å². The van der Waals surface area contributed by atoms with Gasteiger partial charge in [0.15, 0.2) is 0 Å². The quantitative estimate of drug-likeness (QED) is 0.383. The van der Waals surface area contributed by atoms with Crippen LogP contribution in [0.3, 0.4) is 0 Å². The Morgan fingerprint density at radius 1 is 1.07 bits per heavy atom. The van der Waals surface area contributed by atoms with Crippen molar-refractivity contribution < 1.29 is 18.4 Å². The Morgan fingerprint density at radius 2 is 1.75 bits per heavy atom. The number of halogens is 2. The largest absolute Gasteiger partial charge is 0.354 e. The Labute approximate surface area is 174 Å². The molecule has 1 heterocycles. The van der Waals surface area contributed by atoms with Crippen molar-refractivity contribution >= 4 is 48.0 Å². The maximum Gasteiger partial charge on any atom is 0.354 e. The van der Waals surface area contributed by atoms with E-state index in [-0.39, 0.29) is 25.7 Å². The number of hydrogen-bond donors (Lipinski definition) is 0. The zero-order valence-corrected chi connectivity index (χ0v) is 17.9. The smallest absolute Gasteiger partial charge is 0.306 e. The molecule has 0 aliphatic carbocycles. The van der Waals surface area contributed by atoms with E-state index in [9.17, 15) is 9.36 Å². The lowest BCUT2D eigenvalue weighted by molar-refractivity contribution is -0.113. The highest BCUT2D eigenvalue weighted by molar-refractivity contribution is 7.57. The average Bonchev–Trinajstić information content (AvgIpc) is 2.90. The van der Waals surface area contributed by atoms with Gasteiger partial charge in [-0.15, -0.1) is 0 Å². The van der Waals surface area contributed by atoms with Gasteiger partial charge in [0.1, 0.15) is 0 Å². The second-order valence-electron chi connectivity index (χ2n) is 6.06. The zero-order chi connectivity index (χ0) is 20.3. The molecule has 8 heteroatoms. The maximum absolute atomic E-state index is 13.2. The molecule has 5 nitrogen and oxygen atoms in total. The Bertz CT molecular complexity index is 966. The van der Waals surface area contributed by atoms with E-state index in [0.29, 0.717) is 26.9 Å². The minimum atomic E-state index is -3.54. The summed E-state index contributed by atoms with van der Waals surface area (Å²) in [4.78, 5) is 14.8. The van der Waals surface area contributed by atoms with Crippen LogP contribution in [0.5, 0.6) is 0 Å². The number of amides is 1. The van der Waals surface area contributed by atoms with Crippen LogP contribution in [0.25, 0.3) is 5.57 Å². The van der Waals surface area contributed by atoms with Crippen molar-refractivity contribution in [1.29, 1.82) is 0 Å². The molecular formula is C20H20Cl2NO4P. The molecule has 2 aromatic carbocycles. The molecule has 0 N–H and O–H groups in total. The Hall–Kier alpha value is -1.62. The van der Waals surface area contributed by atoms with Crippen LogP contribution >= 0.6 is 30.8 Å². The van der Waals surface area contributed by atoms with Gasteiger partial charge in [-0.1, -0.05) is 47.5 Å². The minimum Gasteiger partial charge on any atom is -0.306 e. The topological polar surface area (TPSA) is 55.8 Å². The van der Waals surface area contributed by atoms with Crippen molar-refractivity contribution in [2.75, 3.05) is 18.1 Å². The number of fused-ring (bicyclic) bond motifs is 1. The van der Waals surface area contributed by atoms with Crippen molar-refractivity contribution in [1.82, 2.24) is 0 Å². The SMILES string of the molecule is CCOP(=O)(/C=C1/C(=O)N(Cc2ccc(Cl)cc2Cl)c2ccccc21)OCC. The molecule has 0 radical (unpaired) electrons. The van der Waals surface area contributed by atoms with E-state index in [0.717, 1.165) is 5.56 Å². The summed E-state index contributed by atoms with van der Waals surface area (Å²) >= 11 is 12.3. The van der Waals surface area contributed by atoms with Crippen LogP contribution < -0.4 is 4.90 Å². The van der Waals surface area contributed by atoms with Crippen molar-refractivity contribution in [2.24, 2.45) is 0 Å². The summed E-state index contributed by atoms with van der Waals surface area (Å²) in [5.74, 6) is 1.04. The number of hydrogen-bond acceptors (Lipinski definition) is 4. The molecule has 2 aromatic rings. The van der Waals surface area contributed by atoms with E-state index >= 15 is 0 Å². The van der Waals surface area contributed by atoms with Gasteiger partial charge < -0.3 is 13.9 Å². The summed E-state index contributed by atoms with van der Waals surface area (Å²) in [6, 6.07) is 12.5. The summed E-state index contributed by atoms with van der Waals surface area (Å²) in [6.45, 7) is 4.13. The third kappa shape index (κ3) is 4.35. The van der Waals surface area contributed by atoms with Crippen LogP contribution in [-0.2, 0) is 25.0 Å². The summed E-state index contributed by atoms with van der Waals surface area (Å²) < 4.78 is 23.6. The molecule has 0 fully saturated rings. The van der Waals surface area contributed by atoms with Gasteiger partial charge in [-0.05, 0) is 37.6 Å². The van der Waals surface area contributed by atoms with Gasteiger partial charge in [-0.2, -0.15) is 0 Å². The summed E-state index contributed by atoms with van der Waals surface area (Å²) in [6.07, 6.45) is 0. The molecule has 28 heavy (non-hydrogen) atoms. The monoisotopic (exact) mass is 439 g/mol. The van der Waals surface area contributed by atoms with Crippen LogP contribution in [0, 0.1) is 0 Å². The highest BCUT2D eigenvalue weighted by atomic mass is 35.5. The first-order chi connectivity index (χ1) is 13.4. The lowest BCUT2D eigenvalue weighted by Gasteiger charge is -2.18. The number of nitrogens with zero attached hydrogens (tertiary/aromatic N) is 1. The number of carbonyl (C=O) groups is 1. The van der Waals surface area contributed by atoms with Gasteiger partial charge in [0, 0.05) is 21.4 Å².